The zero-order chi connectivity index (χ0) is 22.1. The normalized spacial score (nSPS) is 12.7. The van der Waals surface area contributed by atoms with E-state index in [1.807, 2.05) is 32.0 Å². The van der Waals surface area contributed by atoms with Gasteiger partial charge in [0, 0.05) is 6.42 Å². The smallest absolute Gasteiger partial charge is 0.408 e. The molecule has 0 aliphatic heterocycles. The molecule has 160 valence electrons. The molecule has 2 aromatic carbocycles. The fourth-order valence-corrected chi connectivity index (χ4v) is 2.49. The summed E-state index contributed by atoms with van der Waals surface area (Å²) in [7, 11) is 0. The Balaban J connectivity index is 1.90. The molecule has 0 fully saturated rings. The van der Waals surface area contributed by atoms with Crippen LogP contribution in [0.15, 0.2) is 54.6 Å². The molecule has 0 spiro atoms. The van der Waals surface area contributed by atoms with Gasteiger partial charge in [0.05, 0.1) is 0 Å². The summed E-state index contributed by atoms with van der Waals surface area (Å²) in [5.74, 6) is -1.48. The number of amides is 1. The summed E-state index contributed by atoms with van der Waals surface area (Å²) >= 11 is 0. The van der Waals surface area contributed by atoms with E-state index < -0.39 is 30.1 Å². The van der Waals surface area contributed by atoms with Gasteiger partial charge in [-0.3, -0.25) is 0 Å². The maximum atomic E-state index is 11.9. The highest BCUT2D eigenvalue weighted by atomic mass is 16.5. The molecule has 0 aliphatic carbocycles. The number of hydrogen-bond acceptors (Lipinski definition) is 6. The molecule has 2 rings (SSSR count). The van der Waals surface area contributed by atoms with Crippen LogP contribution in [0, 0.1) is 5.92 Å². The predicted octanol–water partition coefficient (Wildman–Crippen LogP) is 2.50. The third-order valence-corrected chi connectivity index (χ3v) is 4.37. The van der Waals surface area contributed by atoms with E-state index in [1.54, 1.807) is 36.4 Å². The van der Waals surface area contributed by atoms with Crippen molar-refractivity contribution in [2.75, 3.05) is 0 Å². The van der Waals surface area contributed by atoms with Crippen LogP contribution >= 0.6 is 0 Å². The van der Waals surface area contributed by atoms with E-state index in [0.717, 1.165) is 5.56 Å². The second kappa shape index (κ2) is 11.0. The SMILES string of the molecule is CC(C)[C@H](N)C(=O)Oc1ccc(C[C@H](NC(=O)OCc2ccccc2)C(=O)O)cc1. The van der Waals surface area contributed by atoms with E-state index in [0.29, 0.717) is 11.3 Å². The summed E-state index contributed by atoms with van der Waals surface area (Å²) in [6, 6.07) is 13.5. The molecule has 0 aromatic heterocycles. The third-order valence-electron chi connectivity index (χ3n) is 4.37. The van der Waals surface area contributed by atoms with Gasteiger partial charge in [-0.05, 0) is 29.2 Å². The van der Waals surface area contributed by atoms with Crippen LogP contribution in [-0.4, -0.2) is 35.2 Å². The van der Waals surface area contributed by atoms with Crippen LogP contribution in [0.4, 0.5) is 4.79 Å². The zero-order valence-corrected chi connectivity index (χ0v) is 16.9. The Bertz CT molecular complexity index is 852. The first-order valence-corrected chi connectivity index (χ1v) is 9.52. The molecule has 0 radical (unpaired) electrons. The fourth-order valence-electron chi connectivity index (χ4n) is 2.49. The molecule has 1 amide bonds. The highest BCUT2D eigenvalue weighted by Gasteiger charge is 2.22. The lowest BCUT2D eigenvalue weighted by atomic mass is 10.1. The first kappa shape index (κ1) is 22.9. The van der Waals surface area contributed by atoms with Crippen LogP contribution in [0.2, 0.25) is 0 Å². The van der Waals surface area contributed by atoms with Crippen molar-refractivity contribution in [3.05, 3.63) is 65.7 Å². The summed E-state index contributed by atoms with van der Waals surface area (Å²) in [6.07, 6.45) is -0.783. The highest BCUT2D eigenvalue weighted by Crippen LogP contribution is 2.15. The lowest BCUT2D eigenvalue weighted by Gasteiger charge is -2.16. The molecule has 0 heterocycles. The van der Waals surface area contributed by atoms with Crippen molar-refractivity contribution in [1.29, 1.82) is 0 Å². The van der Waals surface area contributed by atoms with Gasteiger partial charge < -0.3 is 25.6 Å². The number of carboxylic acids is 1. The summed E-state index contributed by atoms with van der Waals surface area (Å²) in [5, 5.41) is 11.7. The van der Waals surface area contributed by atoms with Gasteiger partial charge in [-0.1, -0.05) is 56.3 Å². The van der Waals surface area contributed by atoms with Crippen molar-refractivity contribution in [2.24, 2.45) is 11.7 Å². The quantitative estimate of drug-likeness (QED) is 0.425. The van der Waals surface area contributed by atoms with Gasteiger partial charge in [0.1, 0.15) is 24.4 Å². The van der Waals surface area contributed by atoms with Crippen molar-refractivity contribution < 1.29 is 29.0 Å². The number of nitrogens with two attached hydrogens (primary N) is 1. The number of nitrogens with one attached hydrogen (secondary N) is 1. The van der Waals surface area contributed by atoms with Gasteiger partial charge in [0.2, 0.25) is 0 Å². The monoisotopic (exact) mass is 414 g/mol. The zero-order valence-electron chi connectivity index (χ0n) is 16.9. The lowest BCUT2D eigenvalue weighted by molar-refractivity contribution is -0.139. The minimum atomic E-state index is -1.19. The van der Waals surface area contributed by atoms with E-state index in [9.17, 15) is 19.5 Å². The van der Waals surface area contributed by atoms with Gasteiger partial charge in [0.15, 0.2) is 0 Å². The Hall–Kier alpha value is -3.39. The molecular weight excluding hydrogens is 388 g/mol. The molecule has 0 saturated carbocycles. The van der Waals surface area contributed by atoms with Gasteiger partial charge in [-0.25, -0.2) is 14.4 Å². The number of alkyl carbamates (subject to hydrolysis) is 1. The Morgan fingerprint density at radius 1 is 1.00 bits per heavy atom. The number of hydrogen-bond donors (Lipinski definition) is 3. The molecule has 8 heteroatoms. The number of carbonyl (C=O) groups excluding carboxylic acids is 2. The van der Waals surface area contributed by atoms with E-state index in [1.165, 1.54) is 0 Å². The Labute approximate surface area is 175 Å². The molecule has 0 saturated heterocycles. The van der Waals surface area contributed by atoms with E-state index in [4.69, 9.17) is 15.2 Å². The minimum absolute atomic E-state index is 0.0372. The van der Waals surface area contributed by atoms with Crippen LogP contribution in [0.25, 0.3) is 0 Å². The number of esters is 1. The van der Waals surface area contributed by atoms with Crippen molar-refractivity contribution in [3.8, 4) is 5.75 Å². The van der Waals surface area contributed by atoms with Crippen LogP contribution < -0.4 is 15.8 Å². The fraction of sp³-hybridized carbons (Fsp3) is 0.318. The number of ether oxygens (including phenoxy) is 2. The molecule has 8 nitrogen and oxygen atoms in total. The van der Waals surface area contributed by atoms with Crippen LogP contribution in [0.5, 0.6) is 5.75 Å². The average molecular weight is 414 g/mol. The first-order valence-electron chi connectivity index (χ1n) is 9.52. The summed E-state index contributed by atoms with van der Waals surface area (Å²) < 4.78 is 10.3. The van der Waals surface area contributed by atoms with E-state index in [2.05, 4.69) is 5.32 Å². The number of carboxylic acid groups (broad SMARTS) is 1. The maximum Gasteiger partial charge on any atom is 0.408 e. The largest absolute Gasteiger partial charge is 0.480 e. The minimum Gasteiger partial charge on any atom is -0.480 e. The van der Waals surface area contributed by atoms with Crippen LogP contribution in [0.3, 0.4) is 0 Å². The van der Waals surface area contributed by atoms with Gasteiger partial charge >= 0.3 is 18.0 Å². The van der Waals surface area contributed by atoms with Crippen LogP contribution in [0.1, 0.15) is 25.0 Å². The molecule has 0 unspecified atom stereocenters. The molecule has 0 bridgehead atoms. The van der Waals surface area contributed by atoms with Crippen LogP contribution in [-0.2, 0) is 27.4 Å². The molecule has 0 aliphatic rings. The molecule has 2 aromatic rings. The molecule has 30 heavy (non-hydrogen) atoms. The maximum absolute atomic E-state index is 11.9. The predicted molar refractivity (Wildman–Crippen MR) is 110 cm³/mol. The van der Waals surface area contributed by atoms with E-state index in [-0.39, 0.29) is 18.9 Å². The number of aliphatic carboxylic acids is 1. The summed E-state index contributed by atoms with van der Waals surface area (Å²) in [4.78, 5) is 35.4. The van der Waals surface area contributed by atoms with Crippen molar-refractivity contribution in [1.82, 2.24) is 5.32 Å². The number of benzene rings is 2. The van der Waals surface area contributed by atoms with E-state index >= 15 is 0 Å². The van der Waals surface area contributed by atoms with Gasteiger partial charge in [-0.15, -0.1) is 0 Å². The summed E-state index contributed by atoms with van der Waals surface area (Å²) in [5.41, 5.74) is 7.18. The standard InChI is InChI=1S/C22H26N2O6/c1-14(2)19(23)21(27)30-17-10-8-15(9-11-17)12-18(20(25)26)24-22(28)29-13-16-6-4-3-5-7-16/h3-11,14,18-19H,12-13,23H2,1-2H3,(H,24,28)(H,25,26)/t18-,19-/m0/s1. The molecule has 4 N–H and O–H groups in total. The second-order valence-electron chi connectivity index (χ2n) is 7.14. The molecular formula is C22H26N2O6. The topological polar surface area (TPSA) is 128 Å². The molecule has 2 atom stereocenters. The second-order valence-corrected chi connectivity index (χ2v) is 7.14. The van der Waals surface area contributed by atoms with Crippen molar-refractivity contribution in [2.45, 2.75) is 39.0 Å². The highest BCUT2D eigenvalue weighted by molar-refractivity contribution is 5.80. The average Bonchev–Trinajstić information content (AvgIpc) is 2.73. The van der Waals surface area contributed by atoms with Gasteiger partial charge in [-0.2, -0.15) is 0 Å². The Kier molecular flexibility index (Phi) is 8.37. The first-order chi connectivity index (χ1) is 14.3. The Morgan fingerprint density at radius 2 is 1.63 bits per heavy atom. The van der Waals surface area contributed by atoms with Crippen molar-refractivity contribution in [3.63, 3.8) is 0 Å². The Morgan fingerprint density at radius 3 is 2.20 bits per heavy atom. The van der Waals surface area contributed by atoms with Crippen molar-refractivity contribution >= 4 is 18.0 Å². The third kappa shape index (κ3) is 7.21. The van der Waals surface area contributed by atoms with Gasteiger partial charge in [0.25, 0.3) is 0 Å². The number of carbonyl (C=O) groups is 3. The lowest BCUT2D eigenvalue weighted by Crippen LogP contribution is -2.42. The number of rotatable bonds is 9. The summed E-state index contributed by atoms with van der Waals surface area (Å²) in [6.45, 7) is 3.68.